The lowest BCUT2D eigenvalue weighted by Crippen LogP contribution is -2.48. The van der Waals surface area contributed by atoms with E-state index in [1.54, 1.807) is 0 Å². The lowest BCUT2D eigenvalue weighted by molar-refractivity contribution is -0.117. The summed E-state index contributed by atoms with van der Waals surface area (Å²) in [4.78, 5) is 30.3. The quantitative estimate of drug-likeness (QED) is 0.588. The molecular formula is C22H27Cl2N3O3S. The van der Waals surface area contributed by atoms with Gasteiger partial charge in [0.25, 0.3) is 0 Å². The number of anilines is 1. The SMILES string of the molecule is CCc1c(C)sc(NC(=O)CN2CCN(Cc3c(Cl)cccc3Cl)CC2)c1C(=O)OC. The van der Waals surface area contributed by atoms with Gasteiger partial charge >= 0.3 is 5.97 Å². The van der Waals surface area contributed by atoms with Gasteiger partial charge < -0.3 is 10.1 Å². The lowest BCUT2D eigenvalue weighted by Gasteiger charge is -2.34. The van der Waals surface area contributed by atoms with Crippen LogP contribution in [0.5, 0.6) is 0 Å². The number of hydrogen-bond donors (Lipinski definition) is 1. The van der Waals surface area contributed by atoms with Gasteiger partial charge in [0, 0.05) is 53.2 Å². The van der Waals surface area contributed by atoms with Crippen molar-refractivity contribution < 1.29 is 14.3 Å². The molecule has 2 aromatic rings. The maximum atomic E-state index is 12.7. The molecule has 31 heavy (non-hydrogen) atoms. The maximum Gasteiger partial charge on any atom is 0.341 e. The van der Waals surface area contributed by atoms with Crippen molar-refractivity contribution in [1.82, 2.24) is 9.80 Å². The van der Waals surface area contributed by atoms with Crippen molar-refractivity contribution >= 4 is 51.4 Å². The molecule has 0 atom stereocenters. The van der Waals surface area contributed by atoms with Crippen LogP contribution in [0.4, 0.5) is 5.00 Å². The van der Waals surface area contributed by atoms with Crippen LogP contribution < -0.4 is 5.32 Å². The third-order valence-electron chi connectivity index (χ3n) is 5.48. The molecule has 0 spiro atoms. The van der Waals surface area contributed by atoms with Crippen molar-refractivity contribution in [3.05, 3.63) is 49.8 Å². The number of halogens is 2. The van der Waals surface area contributed by atoms with Crippen molar-refractivity contribution in [2.24, 2.45) is 0 Å². The van der Waals surface area contributed by atoms with Gasteiger partial charge in [-0.05, 0) is 31.0 Å². The molecule has 1 fully saturated rings. The average Bonchev–Trinajstić information content (AvgIpc) is 3.06. The topological polar surface area (TPSA) is 61.9 Å². The summed E-state index contributed by atoms with van der Waals surface area (Å²) >= 11 is 14.0. The number of rotatable bonds is 7. The number of thiophene rings is 1. The maximum absolute atomic E-state index is 12.7. The van der Waals surface area contributed by atoms with Crippen molar-refractivity contribution in [2.75, 3.05) is 45.2 Å². The summed E-state index contributed by atoms with van der Waals surface area (Å²) in [6, 6.07) is 5.54. The van der Waals surface area contributed by atoms with E-state index >= 15 is 0 Å². The van der Waals surface area contributed by atoms with Gasteiger partial charge in [0.1, 0.15) is 5.00 Å². The summed E-state index contributed by atoms with van der Waals surface area (Å²) in [6.45, 7) is 8.08. The number of carbonyl (C=O) groups is 2. The van der Waals surface area contributed by atoms with Gasteiger partial charge in [-0.3, -0.25) is 14.6 Å². The molecule has 1 aromatic carbocycles. The molecule has 168 valence electrons. The minimum atomic E-state index is -0.414. The predicted octanol–water partition coefficient (Wildman–Crippen LogP) is 4.47. The monoisotopic (exact) mass is 483 g/mol. The number of nitrogens with zero attached hydrogens (tertiary/aromatic N) is 2. The Morgan fingerprint density at radius 3 is 2.29 bits per heavy atom. The number of aryl methyl sites for hydroxylation is 1. The van der Waals surface area contributed by atoms with Gasteiger partial charge in [-0.1, -0.05) is 36.2 Å². The Bertz CT molecular complexity index is 935. The zero-order valence-corrected chi connectivity index (χ0v) is 20.3. The molecule has 0 radical (unpaired) electrons. The third-order valence-corrected chi connectivity index (χ3v) is 7.25. The second-order valence-corrected chi connectivity index (χ2v) is 9.53. The molecule has 1 aliphatic heterocycles. The van der Waals surface area contributed by atoms with Gasteiger partial charge in [0.05, 0.1) is 19.2 Å². The van der Waals surface area contributed by atoms with Crippen molar-refractivity contribution in [1.29, 1.82) is 0 Å². The minimum absolute atomic E-state index is 0.128. The molecule has 3 rings (SSSR count). The molecule has 6 nitrogen and oxygen atoms in total. The van der Waals surface area contributed by atoms with E-state index < -0.39 is 5.97 Å². The van der Waals surface area contributed by atoms with E-state index in [2.05, 4.69) is 15.1 Å². The fourth-order valence-electron chi connectivity index (χ4n) is 3.79. The summed E-state index contributed by atoms with van der Waals surface area (Å²) in [6.07, 6.45) is 0.708. The summed E-state index contributed by atoms with van der Waals surface area (Å²) in [5.74, 6) is -0.542. The van der Waals surface area contributed by atoms with Crippen LogP contribution in [0.1, 0.15) is 33.3 Å². The Labute approximate surface area is 197 Å². The zero-order chi connectivity index (χ0) is 22.5. The van der Waals surface area contributed by atoms with Crippen LogP contribution in [-0.2, 0) is 22.5 Å². The number of nitrogens with one attached hydrogen (secondary N) is 1. The highest BCUT2D eigenvalue weighted by Gasteiger charge is 2.25. The van der Waals surface area contributed by atoms with Gasteiger partial charge in [0.15, 0.2) is 0 Å². The molecule has 0 saturated carbocycles. The van der Waals surface area contributed by atoms with E-state index in [0.29, 0.717) is 33.6 Å². The Hall–Kier alpha value is -1.64. The Kier molecular flexibility index (Phi) is 8.36. The summed E-state index contributed by atoms with van der Waals surface area (Å²) < 4.78 is 4.92. The van der Waals surface area contributed by atoms with Crippen LogP contribution in [-0.4, -0.2) is 61.5 Å². The van der Waals surface area contributed by atoms with Crippen LogP contribution >= 0.6 is 34.5 Å². The number of esters is 1. The fourth-order valence-corrected chi connectivity index (χ4v) is 5.46. The molecular weight excluding hydrogens is 457 g/mol. The van der Waals surface area contributed by atoms with Crippen LogP contribution in [0.2, 0.25) is 10.0 Å². The molecule has 1 aromatic heterocycles. The average molecular weight is 484 g/mol. The Morgan fingerprint density at radius 2 is 1.71 bits per heavy atom. The van der Waals surface area contributed by atoms with Crippen LogP contribution in [0, 0.1) is 6.92 Å². The van der Waals surface area contributed by atoms with E-state index in [-0.39, 0.29) is 12.5 Å². The standard InChI is InChI=1S/C22H27Cl2N3O3S/c1-4-15-14(2)31-21(20(15)22(29)30-3)25-19(28)13-27-10-8-26(9-11-27)12-16-17(23)6-5-7-18(16)24/h5-7H,4,8-13H2,1-3H3,(H,25,28). The number of hydrogen-bond acceptors (Lipinski definition) is 6. The second-order valence-electron chi connectivity index (χ2n) is 7.49. The molecule has 0 unspecified atom stereocenters. The zero-order valence-electron chi connectivity index (χ0n) is 18.0. The van der Waals surface area contributed by atoms with E-state index in [1.165, 1.54) is 18.4 Å². The van der Waals surface area contributed by atoms with Crippen molar-refractivity contribution in [3.63, 3.8) is 0 Å². The highest BCUT2D eigenvalue weighted by atomic mass is 35.5. The van der Waals surface area contributed by atoms with Crippen LogP contribution in [0.15, 0.2) is 18.2 Å². The van der Waals surface area contributed by atoms with Crippen molar-refractivity contribution in [2.45, 2.75) is 26.8 Å². The molecule has 9 heteroatoms. The molecule has 1 amide bonds. The molecule has 1 saturated heterocycles. The summed E-state index contributed by atoms with van der Waals surface area (Å²) in [5.41, 5.74) is 2.34. The van der Waals surface area contributed by atoms with Crippen LogP contribution in [0.3, 0.4) is 0 Å². The second kappa shape index (κ2) is 10.8. The minimum Gasteiger partial charge on any atom is -0.465 e. The summed E-state index contributed by atoms with van der Waals surface area (Å²) in [5, 5.41) is 4.84. The fraction of sp³-hybridized carbons (Fsp3) is 0.455. The van der Waals surface area contributed by atoms with E-state index in [9.17, 15) is 9.59 Å². The van der Waals surface area contributed by atoms with Gasteiger partial charge in [-0.25, -0.2) is 4.79 Å². The van der Waals surface area contributed by atoms with Crippen molar-refractivity contribution in [3.8, 4) is 0 Å². The predicted molar refractivity (Wildman–Crippen MR) is 127 cm³/mol. The van der Waals surface area contributed by atoms with E-state index in [0.717, 1.165) is 42.2 Å². The first-order valence-corrected chi connectivity index (χ1v) is 11.8. The number of carbonyl (C=O) groups excluding carboxylic acids is 2. The van der Waals surface area contributed by atoms with E-state index in [4.69, 9.17) is 27.9 Å². The number of ether oxygens (including phenoxy) is 1. The van der Waals surface area contributed by atoms with Crippen LogP contribution in [0.25, 0.3) is 0 Å². The number of amides is 1. The van der Waals surface area contributed by atoms with Gasteiger partial charge in [-0.15, -0.1) is 11.3 Å². The number of piperazine rings is 1. The molecule has 1 aliphatic rings. The number of methoxy groups -OCH3 is 1. The molecule has 0 aliphatic carbocycles. The largest absolute Gasteiger partial charge is 0.465 e. The summed E-state index contributed by atoms with van der Waals surface area (Å²) in [7, 11) is 1.36. The van der Waals surface area contributed by atoms with Gasteiger partial charge in [-0.2, -0.15) is 0 Å². The molecule has 1 N–H and O–H groups in total. The highest BCUT2D eigenvalue weighted by Crippen LogP contribution is 2.34. The smallest absolute Gasteiger partial charge is 0.341 e. The van der Waals surface area contributed by atoms with Gasteiger partial charge in [0.2, 0.25) is 5.91 Å². The number of benzene rings is 1. The Balaban J connectivity index is 1.56. The first-order chi connectivity index (χ1) is 14.8. The highest BCUT2D eigenvalue weighted by molar-refractivity contribution is 7.16. The lowest BCUT2D eigenvalue weighted by atomic mass is 10.1. The molecule has 2 heterocycles. The van der Waals surface area contributed by atoms with E-state index in [1.807, 2.05) is 32.0 Å². The first kappa shape index (κ1) is 24.0. The Morgan fingerprint density at radius 1 is 1.10 bits per heavy atom. The normalized spacial score (nSPS) is 15.1. The molecule has 0 bridgehead atoms. The third kappa shape index (κ3) is 5.79. The first-order valence-electron chi connectivity index (χ1n) is 10.2.